The standard InChI is InChI=1S/C18H24N2O2/c1-4-7-8-14(5-2)12-22-13-20-18-10-9-15(21)11-16(18)17(6-3)19-20/h4-5,7-8H,1,6,9-13H2,2-3H3/b8-7-,14-5+. The average molecular weight is 300 g/mol. The first-order valence-electron chi connectivity index (χ1n) is 7.80. The van der Waals surface area contributed by atoms with Crippen LogP contribution in [-0.4, -0.2) is 22.2 Å². The van der Waals surface area contributed by atoms with Crippen LogP contribution in [0, 0.1) is 0 Å². The zero-order valence-electron chi connectivity index (χ0n) is 13.5. The number of hydrogen-bond donors (Lipinski definition) is 0. The van der Waals surface area contributed by atoms with E-state index >= 15 is 0 Å². The molecule has 0 N–H and O–H groups in total. The van der Waals surface area contributed by atoms with Crippen LogP contribution in [0.15, 0.2) is 36.5 Å². The van der Waals surface area contributed by atoms with E-state index in [4.69, 9.17) is 4.74 Å². The summed E-state index contributed by atoms with van der Waals surface area (Å²) in [5, 5.41) is 4.62. The highest BCUT2D eigenvalue weighted by Crippen LogP contribution is 2.23. The van der Waals surface area contributed by atoms with Crippen LogP contribution in [-0.2, 0) is 35.5 Å². The molecule has 0 unspecified atom stereocenters. The monoisotopic (exact) mass is 300 g/mol. The number of Topliss-reactive ketones (excluding diaryl/α,β-unsaturated/α-hetero) is 1. The minimum absolute atomic E-state index is 0.313. The number of ketones is 1. The van der Waals surface area contributed by atoms with Crippen molar-refractivity contribution in [1.29, 1.82) is 0 Å². The van der Waals surface area contributed by atoms with Crippen molar-refractivity contribution < 1.29 is 9.53 Å². The summed E-state index contributed by atoms with van der Waals surface area (Å²) in [5.74, 6) is 0.313. The van der Waals surface area contributed by atoms with Gasteiger partial charge in [-0.1, -0.05) is 37.8 Å². The molecule has 1 aliphatic carbocycles. The third-order valence-corrected chi connectivity index (χ3v) is 3.90. The van der Waals surface area contributed by atoms with Gasteiger partial charge in [-0.05, 0) is 25.3 Å². The first-order valence-corrected chi connectivity index (χ1v) is 7.80. The van der Waals surface area contributed by atoms with Crippen molar-refractivity contribution in [3.8, 4) is 0 Å². The van der Waals surface area contributed by atoms with Crippen molar-refractivity contribution in [3.05, 3.63) is 53.4 Å². The fourth-order valence-electron chi connectivity index (χ4n) is 2.68. The molecule has 1 aromatic heterocycles. The van der Waals surface area contributed by atoms with E-state index in [0.717, 1.165) is 29.7 Å². The van der Waals surface area contributed by atoms with E-state index in [9.17, 15) is 4.79 Å². The SMILES string of the molecule is C=C/C=C\C(=C/C)COCn1nc(CC)c2c1CCC(=O)C2. The number of ether oxygens (including phenoxy) is 1. The summed E-state index contributed by atoms with van der Waals surface area (Å²) in [6.07, 6.45) is 10.4. The fraction of sp³-hybridized carbons (Fsp3) is 0.444. The number of carbonyl (C=O) groups excluding carboxylic acids is 1. The summed E-state index contributed by atoms with van der Waals surface area (Å²) in [5.41, 5.74) is 4.43. The molecule has 0 aromatic carbocycles. The quantitative estimate of drug-likeness (QED) is 0.727. The molecule has 22 heavy (non-hydrogen) atoms. The third kappa shape index (κ3) is 3.83. The lowest BCUT2D eigenvalue weighted by Crippen LogP contribution is -2.17. The number of aromatic nitrogens is 2. The molecular formula is C18H24N2O2. The number of nitrogens with zero attached hydrogens (tertiary/aromatic N) is 2. The van der Waals surface area contributed by atoms with Crippen molar-refractivity contribution in [1.82, 2.24) is 9.78 Å². The first-order chi connectivity index (χ1) is 10.7. The van der Waals surface area contributed by atoms with E-state index in [1.54, 1.807) is 6.08 Å². The van der Waals surface area contributed by atoms with Gasteiger partial charge in [-0.15, -0.1) is 0 Å². The summed E-state index contributed by atoms with van der Waals surface area (Å²) in [7, 11) is 0. The second-order valence-corrected chi connectivity index (χ2v) is 5.38. The fourth-order valence-corrected chi connectivity index (χ4v) is 2.68. The van der Waals surface area contributed by atoms with E-state index in [1.165, 1.54) is 5.69 Å². The Labute approximate surface area is 132 Å². The highest BCUT2D eigenvalue weighted by Gasteiger charge is 2.23. The largest absolute Gasteiger partial charge is 0.355 e. The molecule has 0 aliphatic heterocycles. The zero-order chi connectivity index (χ0) is 15.9. The number of rotatable bonds is 7. The van der Waals surface area contributed by atoms with Crippen LogP contribution in [0.1, 0.15) is 37.2 Å². The van der Waals surface area contributed by atoms with Crippen molar-refractivity contribution in [2.75, 3.05) is 6.61 Å². The molecule has 4 heteroatoms. The Balaban J connectivity index is 2.03. The molecule has 1 aromatic rings. The molecular weight excluding hydrogens is 276 g/mol. The van der Waals surface area contributed by atoms with Gasteiger partial charge in [0.2, 0.25) is 0 Å². The minimum Gasteiger partial charge on any atom is -0.355 e. The summed E-state index contributed by atoms with van der Waals surface area (Å²) in [6, 6.07) is 0. The van der Waals surface area contributed by atoms with Crippen molar-refractivity contribution >= 4 is 5.78 Å². The molecule has 0 saturated heterocycles. The molecule has 2 rings (SSSR count). The van der Waals surface area contributed by atoms with Gasteiger partial charge >= 0.3 is 0 Å². The Morgan fingerprint density at radius 3 is 2.95 bits per heavy atom. The van der Waals surface area contributed by atoms with E-state index < -0.39 is 0 Å². The Hall–Kier alpha value is -1.94. The summed E-state index contributed by atoms with van der Waals surface area (Å²) in [4.78, 5) is 11.7. The Morgan fingerprint density at radius 2 is 2.27 bits per heavy atom. The molecule has 0 bridgehead atoms. The van der Waals surface area contributed by atoms with Crippen LogP contribution in [0.2, 0.25) is 0 Å². The van der Waals surface area contributed by atoms with Crippen LogP contribution >= 0.6 is 0 Å². The maximum atomic E-state index is 11.7. The molecule has 0 atom stereocenters. The Bertz CT molecular complexity index is 609. The normalized spacial score (nSPS) is 15.4. The van der Waals surface area contributed by atoms with Crippen molar-refractivity contribution in [2.24, 2.45) is 0 Å². The molecule has 1 heterocycles. The Kier molecular flexibility index (Phi) is 5.90. The van der Waals surface area contributed by atoms with Gasteiger partial charge < -0.3 is 4.74 Å². The highest BCUT2D eigenvalue weighted by molar-refractivity contribution is 5.83. The number of allylic oxidation sites excluding steroid dienone is 3. The van der Waals surface area contributed by atoms with Crippen LogP contribution in [0.5, 0.6) is 0 Å². The van der Waals surface area contributed by atoms with Gasteiger partial charge in [-0.3, -0.25) is 4.79 Å². The number of hydrogen-bond acceptors (Lipinski definition) is 3. The summed E-state index contributed by atoms with van der Waals surface area (Å²) >= 11 is 0. The molecule has 0 spiro atoms. The number of carbonyl (C=O) groups is 1. The van der Waals surface area contributed by atoms with Crippen LogP contribution in [0.4, 0.5) is 0 Å². The van der Waals surface area contributed by atoms with Crippen molar-refractivity contribution in [2.45, 2.75) is 46.3 Å². The maximum Gasteiger partial charge on any atom is 0.140 e. The number of fused-ring (bicyclic) bond motifs is 1. The van der Waals surface area contributed by atoms with Gasteiger partial charge in [0.05, 0.1) is 12.3 Å². The van der Waals surface area contributed by atoms with Gasteiger partial charge in [0.15, 0.2) is 0 Å². The van der Waals surface area contributed by atoms with Crippen molar-refractivity contribution in [3.63, 3.8) is 0 Å². The highest BCUT2D eigenvalue weighted by atomic mass is 16.5. The van der Waals surface area contributed by atoms with Gasteiger partial charge in [0.1, 0.15) is 12.5 Å². The lowest BCUT2D eigenvalue weighted by Gasteiger charge is -2.14. The van der Waals surface area contributed by atoms with Crippen LogP contribution in [0.3, 0.4) is 0 Å². The van der Waals surface area contributed by atoms with Gasteiger partial charge in [0, 0.05) is 24.1 Å². The second kappa shape index (κ2) is 7.90. The van der Waals surface area contributed by atoms with Gasteiger partial charge in [-0.2, -0.15) is 5.10 Å². The minimum atomic E-state index is 0.313. The number of aryl methyl sites for hydroxylation is 1. The van der Waals surface area contributed by atoms with E-state index in [1.807, 2.05) is 29.8 Å². The lowest BCUT2D eigenvalue weighted by atomic mass is 9.94. The second-order valence-electron chi connectivity index (χ2n) is 5.38. The van der Waals surface area contributed by atoms with E-state index in [0.29, 0.717) is 32.0 Å². The van der Waals surface area contributed by atoms with E-state index in [2.05, 4.69) is 18.6 Å². The third-order valence-electron chi connectivity index (χ3n) is 3.90. The zero-order valence-corrected chi connectivity index (χ0v) is 13.5. The molecule has 4 nitrogen and oxygen atoms in total. The topological polar surface area (TPSA) is 44.1 Å². The predicted octanol–water partition coefficient (Wildman–Crippen LogP) is 3.17. The van der Waals surface area contributed by atoms with Gasteiger partial charge in [0.25, 0.3) is 0 Å². The summed E-state index contributed by atoms with van der Waals surface area (Å²) in [6.45, 7) is 8.69. The predicted molar refractivity (Wildman–Crippen MR) is 87.7 cm³/mol. The molecule has 0 radical (unpaired) electrons. The lowest BCUT2D eigenvalue weighted by molar-refractivity contribution is -0.118. The molecule has 1 aliphatic rings. The molecule has 0 amide bonds. The average Bonchev–Trinajstić information content (AvgIpc) is 2.87. The smallest absolute Gasteiger partial charge is 0.140 e. The maximum absolute atomic E-state index is 11.7. The molecule has 0 fully saturated rings. The van der Waals surface area contributed by atoms with Gasteiger partial charge in [-0.25, -0.2) is 4.68 Å². The van der Waals surface area contributed by atoms with E-state index in [-0.39, 0.29) is 0 Å². The van der Waals surface area contributed by atoms with Crippen LogP contribution < -0.4 is 0 Å². The van der Waals surface area contributed by atoms with Crippen LogP contribution in [0.25, 0.3) is 0 Å². The Morgan fingerprint density at radius 1 is 1.45 bits per heavy atom. The summed E-state index contributed by atoms with van der Waals surface area (Å²) < 4.78 is 7.70. The first kappa shape index (κ1) is 16.4. The molecule has 118 valence electrons. The molecule has 0 saturated carbocycles.